The molecule has 0 radical (unpaired) electrons. The molecule has 0 aliphatic carbocycles. The van der Waals surface area contributed by atoms with Crippen LogP contribution >= 0.6 is 38.9 Å². The fraction of sp³-hybridized carbons (Fsp3) is 0.286. The SMILES string of the molecule is Clc1ccc2c(c1)CC(CNCc1sccc1Br)O2. The van der Waals surface area contributed by atoms with Gasteiger partial charge >= 0.3 is 0 Å². The van der Waals surface area contributed by atoms with Crippen molar-refractivity contribution in [3.05, 3.63) is 49.6 Å². The van der Waals surface area contributed by atoms with E-state index in [1.165, 1.54) is 14.9 Å². The molecule has 3 rings (SSSR count). The summed E-state index contributed by atoms with van der Waals surface area (Å²) in [5.74, 6) is 0.966. The molecule has 1 atom stereocenters. The summed E-state index contributed by atoms with van der Waals surface area (Å²) in [5, 5.41) is 6.31. The highest BCUT2D eigenvalue weighted by molar-refractivity contribution is 9.10. The monoisotopic (exact) mass is 357 g/mol. The Morgan fingerprint density at radius 1 is 1.42 bits per heavy atom. The van der Waals surface area contributed by atoms with E-state index in [0.29, 0.717) is 0 Å². The second-order valence-electron chi connectivity index (χ2n) is 4.52. The lowest BCUT2D eigenvalue weighted by Crippen LogP contribution is -2.29. The standard InChI is InChI=1S/C14H13BrClNOS/c15-12-3-4-19-14(12)8-17-7-11-6-9-5-10(16)1-2-13(9)18-11/h1-5,11,17H,6-8H2. The van der Waals surface area contributed by atoms with E-state index in [1.54, 1.807) is 11.3 Å². The second kappa shape index (κ2) is 5.83. The molecule has 1 aliphatic heterocycles. The molecular weight excluding hydrogens is 346 g/mol. The Morgan fingerprint density at radius 2 is 2.32 bits per heavy atom. The topological polar surface area (TPSA) is 21.3 Å². The van der Waals surface area contributed by atoms with Crippen LogP contribution in [0.1, 0.15) is 10.4 Å². The summed E-state index contributed by atoms with van der Waals surface area (Å²) in [5.41, 5.74) is 1.21. The van der Waals surface area contributed by atoms with Crippen LogP contribution in [0.5, 0.6) is 5.75 Å². The van der Waals surface area contributed by atoms with Gasteiger partial charge < -0.3 is 10.1 Å². The van der Waals surface area contributed by atoms with Gasteiger partial charge in [0.2, 0.25) is 0 Å². The molecule has 100 valence electrons. The summed E-state index contributed by atoms with van der Waals surface area (Å²) < 4.78 is 7.06. The predicted molar refractivity (Wildman–Crippen MR) is 83.3 cm³/mol. The third-order valence-corrected chi connectivity index (χ3v) is 5.27. The Balaban J connectivity index is 1.52. The number of hydrogen-bond acceptors (Lipinski definition) is 3. The molecule has 1 aromatic heterocycles. The average molecular weight is 359 g/mol. The Bertz CT molecular complexity index is 587. The van der Waals surface area contributed by atoms with Gasteiger partial charge in [-0.25, -0.2) is 0 Å². The Kier molecular flexibility index (Phi) is 4.12. The van der Waals surface area contributed by atoms with Crippen LogP contribution in [0.4, 0.5) is 0 Å². The molecule has 0 fully saturated rings. The maximum absolute atomic E-state index is 5.99. The first-order chi connectivity index (χ1) is 9.22. The summed E-state index contributed by atoms with van der Waals surface area (Å²) >= 11 is 11.3. The smallest absolute Gasteiger partial charge is 0.123 e. The molecule has 19 heavy (non-hydrogen) atoms. The van der Waals surface area contributed by atoms with Crippen molar-refractivity contribution in [2.45, 2.75) is 19.1 Å². The van der Waals surface area contributed by atoms with Crippen LogP contribution in [0.2, 0.25) is 5.02 Å². The second-order valence-corrected chi connectivity index (χ2v) is 6.81. The van der Waals surface area contributed by atoms with Crippen LogP contribution in [-0.2, 0) is 13.0 Å². The lowest BCUT2D eigenvalue weighted by molar-refractivity contribution is 0.227. The average Bonchev–Trinajstić information content (AvgIpc) is 2.95. The van der Waals surface area contributed by atoms with E-state index in [9.17, 15) is 0 Å². The summed E-state index contributed by atoms with van der Waals surface area (Å²) in [7, 11) is 0. The summed E-state index contributed by atoms with van der Waals surface area (Å²) in [6.45, 7) is 1.71. The lowest BCUT2D eigenvalue weighted by atomic mass is 10.1. The van der Waals surface area contributed by atoms with Gasteiger partial charge in [0.1, 0.15) is 11.9 Å². The van der Waals surface area contributed by atoms with Crippen molar-refractivity contribution in [3.8, 4) is 5.75 Å². The first-order valence-corrected chi connectivity index (χ1v) is 8.15. The summed E-state index contributed by atoms with van der Waals surface area (Å²) in [6.07, 6.45) is 1.13. The van der Waals surface area contributed by atoms with Crippen LogP contribution < -0.4 is 10.1 Å². The number of thiophene rings is 1. The van der Waals surface area contributed by atoms with E-state index in [-0.39, 0.29) is 6.10 Å². The summed E-state index contributed by atoms with van der Waals surface area (Å²) in [6, 6.07) is 7.89. The van der Waals surface area contributed by atoms with Gasteiger partial charge in [0.05, 0.1) is 0 Å². The van der Waals surface area contributed by atoms with Gasteiger partial charge in [0, 0.05) is 33.9 Å². The van der Waals surface area contributed by atoms with E-state index in [1.807, 2.05) is 18.2 Å². The summed E-state index contributed by atoms with van der Waals surface area (Å²) in [4.78, 5) is 1.32. The molecule has 2 nitrogen and oxygen atoms in total. The van der Waals surface area contributed by atoms with Crippen molar-refractivity contribution in [2.24, 2.45) is 0 Å². The normalized spacial score (nSPS) is 17.3. The molecule has 1 unspecified atom stereocenters. The van der Waals surface area contributed by atoms with Crippen LogP contribution in [0, 0.1) is 0 Å². The molecule has 1 aliphatic rings. The number of nitrogens with one attached hydrogen (secondary N) is 1. The highest BCUT2D eigenvalue weighted by Crippen LogP contribution is 2.31. The fourth-order valence-corrected chi connectivity index (χ4v) is 3.86. The van der Waals surface area contributed by atoms with E-state index < -0.39 is 0 Å². The van der Waals surface area contributed by atoms with Crippen molar-refractivity contribution in [1.82, 2.24) is 5.32 Å². The van der Waals surface area contributed by atoms with Crippen LogP contribution in [0.3, 0.4) is 0 Å². The minimum Gasteiger partial charge on any atom is -0.488 e. The number of hydrogen-bond donors (Lipinski definition) is 1. The molecule has 0 saturated heterocycles. The van der Waals surface area contributed by atoms with Gasteiger partial charge in [-0.3, -0.25) is 0 Å². The molecule has 1 N–H and O–H groups in total. The molecule has 2 aromatic rings. The minimum atomic E-state index is 0.201. The largest absolute Gasteiger partial charge is 0.488 e. The maximum atomic E-state index is 5.99. The quantitative estimate of drug-likeness (QED) is 0.882. The molecule has 0 bridgehead atoms. The van der Waals surface area contributed by atoms with Gasteiger partial charge in [-0.05, 0) is 51.1 Å². The first-order valence-electron chi connectivity index (χ1n) is 6.10. The zero-order valence-electron chi connectivity index (χ0n) is 10.2. The molecule has 0 amide bonds. The fourth-order valence-electron chi connectivity index (χ4n) is 2.20. The van der Waals surface area contributed by atoms with E-state index in [2.05, 4.69) is 32.7 Å². The lowest BCUT2D eigenvalue weighted by Gasteiger charge is -2.11. The van der Waals surface area contributed by atoms with E-state index >= 15 is 0 Å². The predicted octanol–water partition coefficient (Wildman–Crippen LogP) is 4.26. The van der Waals surface area contributed by atoms with Crippen molar-refractivity contribution in [3.63, 3.8) is 0 Å². The molecule has 0 spiro atoms. The van der Waals surface area contributed by atoms with Gasteiger partial charge in [-0.15, -0.1) is 11.3 Å². The molecule has 0 saturated carbocycles. The van der Waals surface area contributed by atoms with Gasteiger partial charge in [-0.2, -0.15) is 0 Å². The van der Waals surface area contributed by atoms with Crippen molar-refractivity contribution in [2.75, 3.05) is 6.54 Å². The van der Waals surface area contributed by atoms with Crippen molar-refractivity contribution in [1.29, 1.82) is 0 Å². The molecule has 5 heteroatoms. The van der Waals surface area contributed by atoms with Gasteiger partial charge in [0.25, 0.3) is 0 Å². The molecule has 2 heterocycles. The zero-order valence-corrected chi connectivity index (χ0v) is 13.3. The first kappa shape index (κ1) is 13.4. The highest BCUT2D eigenvalue weighted by Gasteiger charge is 2.22. The third kappa shape index (κ3) is 3.14. The van der Waals surface area contributed by atoms with Crippen molar-refractivity contribution < 1.29 is 4.74 Å². The highest BCUT2D eigenvalue weighted by atomic mass is 79.9. The van der Waals surface area contributed by atoms with Gasteiger partial charge in [0.15, 0.2) is 0 Å². The molecular formula is C14H13BrClNOS. The van der Waals surface area contributed by atoms with E-state index in [4.69, 9.17) is 16.3 Å². The number of benzene rings is 1. The maximum Gasteiger partial charge on any atom is 0.123 e. The minimum absolute atomic E-state index is 0.201. The van der Waals surface area contributed by atoms with Crippen molar-refractivity contribution >= 4 is 38.9 Å². The number of halogens is 2. The Morgan fingerprint density at radius 3 is 3.11 bits per heavy atom. The Labute approximate surface area is 129 Å². The number of fused-ring (bicyclic) bond motifs is 1. The zero-order chi connectivity index (χ0) is 13.2. The van der Waals surface area contributed by atoms with Crippen LogP contribution in [0.15, 0.2) is 34.1 Å². The van der Waals surface area contributed by atoms with Crippen LogP contribution in [0.25, 0.3) is 0 Å². The van der Waals surface area contributed by atoms with Gasteiger partial charge in [-0.1, -0.05) is 11.6 Å². The van der Waals surface area contributed by atoms with E-state index in [0.717, 1.165) is 30.3 Å². The number of ether oxygens (including phenoxy) is 1. The van der Waals surface area contributed by atoms with Crippen LogP contribution in [-0.4, -0.2) is 12.6 Å². The third-order valence-electron chi connectivity index (χ3n) is 3.11. The number of rotatable bonds is 4. The molecule has 1 aromatic carbocycles. The Hall–Kier alpha value is -0.550.